The van der Waals surface area contributed by atoms with Gasteiger partial charge in [-0.2, -0.15) is 0 Å². The standard InChI is InChI=1S/C13H21N/c1-9-6-7-13(10(2)8-9)11(3)12(4)14-5/h6-8,11-12,14H,1-5H3. The first-order chi connectivity index (χ1) is 6.56. The molecule has 1 aromatic carbocycles. The van der Waals surface area contributed by atoms with Gasteiger partial charge >= 0.3 is 0 Å². The second kappa shape index (κ2) is 4.61. The average Bonchev–Trinajstić information content (AvgIpc) is 2.15. The van der Waals surface area contributed by atoms with Crippen molar-refractivity contribution >= 4 is 0 Å². The van der Waals surface area contributed by atoms with Crippen LogP contribution in [-0.4, -0.2) is 13.1 Å². The zero-order valence-corrected chi connectivity index (χ0v) is 9.89. The molecule has 0 aromatic heterocycles. The molecule has 0 bridgehead atoms. The number of aryl methyl sites for hydroxylation is 2. The molecule has 0 amide bonds. The summed E-state index contributed by atoms with van der Waals surface area (Å²) in [5.41, 5.74) is 4.20. The lowest BCUT2D eigenvalue weighted by Crippen LogP contribution is -2.27. The van der Waals surface area contributed by atoms with Crippen LogP contribution in [0.3, 0.4) is 0 Å². The van der Waals surface area contributed by atoms with Gasteiger partial charge in [-0.1, -0.05) is 30.7 Å². The molecular formula is C13H21N. The lowest BCUT2D eigenvalue weighted by atomic mass is 9.90. The van der Waals surface area contributed by atoms with Crippen molar-refractivity contribution in [2.45, 2.75) is 39.7 Å². The summed E-state index contributed by atoms with van der Waals surface area (Å²) in [6.07, 6.45) is 0. The number of nitrogens with one attached hydrogen (secondary N) is 1. The third kappa shape index (κ3) is 2.36. The summed E-state index contributed by atoms with van der Waals surface area (Å²) < 4.78 is 0. The van der Waals surface area contributed by atoms with Gasteiger partial charge in [0.05, 0.1) is 0 Å². The molecule has 0 heterocycles. The predicted octanol–water partition coefficient (Wildman–Crippen LogP) is 3.01. The minimum atomic E-state index is 0.524. The Morgan fingerprint density at radius 3 is 2.29 bits per heavy atom. The van der Waals surface area contributed by atoms with Gasteiger partial charge in [0.1, 0.15) is 0 Å². The van der Waals surface area contributed by atoms with E-state index in [1.165, 1.54) is 16.7 Å². The van der Waals surface area contributed by atoms with Crippen LogP contribution >= 0.6 is 0 Å². The first-order valence-electron chi connectivity index (χ1n) is 5.30. The van der Waals surface area contributed by atoms with E-state index in [4.69, 9.17) is 0 Å². The Kier molecular flexibility index (Phi) is 3.70. The molecule has 1 heteroatoms. The Bertz CT molecular complexity index is 304. The summed E-state index contributed by atoms with van der Waals surface area (Å²) in [6, 6.07) is 7.23. The molecule has 2 unspecified atom stereocenters. The number of benzene rings is 1. The lowest BCUT2D eigenvalue weighted by molar-refractivity contribution is 0.522. The summed E-state index contributed by atoms with van der Waals surface area (Å²) >= 11 is 0. The zero-order chi connectivity index (χ0) is 10.7. The topological polar surface area (TPSA) is 12.0 Å². The maximum Gasteiger partial charge on any atom is 0.0102 e. The molecule has 0 aliphatic rings. The van der Waals surface area contributed by atoms with Crippen LogP contribution in [-0.2, 0) is 0 Å². The molecule has 0 aliphatic heterocycles. The minimum absolute atomic E-state index is 0.524. The monoisotopic (exact) mass is 191 g/mol. The Morgan fingerprint density at radius 1 is 1.14 bits per heavy atom. The van der Waals surface area contributed by atoms with Crippen LogP contribution in [0.15, 0.2) is 18.2 Å². The van der Waals surface area contributed by atoms with Crippen LogP contribution in [0.25, 0.3) is 0 Å². The van der Waals surface area contributed by atoms with Crippen LogP contribution in [0.5, 0.6) is 0 Å². The maximum absolute atomic E-state index is 3.31. The van der Waals surface area contributed by atoms with Crippen LogP contribution in [0.2, 0.25) is 0 Å². The molecule has 78 valence electrons. The van der Waals surface area contributed by atoms with Gasteiger partial charge in [0, 0.05) is 6.04 Å². The second-order valence-corrected chi connectivity index (χ2v) is 4.23. The first-order valence-corrected chi connectivity index (χ1v) is 5.30. The summed E-state index contributed by atoms with van der Waals surface area (Å²) in [5.74, 6) is 0.570. The molecule has 1 aromatic rings. The van der Waals surface area contributed by atoms with Crippen molar-refractivity contribution in [3.8, 4) is 0 Å². The van der Waals surface area contributed by atoms with Crippen LogP contribution in [0, 0.1) is 13.8 Å². The molecule has 14 heavy (non-hydrogen) atoms. The first kappa shape index (κ1) is 11.3. The van der Waals surface area contributed by atoms with E-state index in [-0.39, 0.29) is 0 Å². The third-order valence-electron chi connectivity index (χ3n) is 3.12. The third-order valence-corrected chi connectivity index (χ3v) is 3.12. The minimum Gasteiger partial charge on any atom is -0.317 e. The lowest BCUT2D eigenvalue weighted by Gasteiger charge is -2.21. The molecule has 1 nitrogen and oxygen atoms in total. The fourth-order valence-corrected chi connectivity index (χ4v) is 1.86. The van der Waals surface area contributed by atoms with Crippen LogP contribution < -0.4 is 5.32 Å². The number of hydrogen-bond donors (Lipinski definition) is 1. The highest BCUT2D eigenvalue weighted by Crippen LogP contribution is 2.23. The van der Waals surface area contributed by atoms with Gasteiger partial charge in [0.15, 0.2) is 0 Å². The van der Waals surface area contributed by atoms with E-state index < -0.39 is 0 Å². The van der Waals surface area contributed by atoms with E-state index in [9.17, 15) is 0 Å². The molecule has 0 radical (unpaired) electrons. The Hall–Kier alpha value is -0.820. The predicted molar refractivity (Wildman–Crippen MR) is 62.9 cm³/mol. The van der Waals surface area contributed by atoms with Crippen LogP contribution in [0.4, 0.5) is 0 Å². The summed E-state index contributed by atoms with van der Waals surface area (Å²) in [5, 5.41) is 3.31. The molecular weight excluding hydrogens is 170 g/mol. The van der Waals surface area contributed by atoms with Gasteiger partial charge in [-0.25, -0.2) is 0 Å². The number of hydrogen-bond acceptors (Lipinski definition) is 1. The van der Waals surface area contributed by atoms with E-state index in [1.54, 1.807) is 0 Å². The highest BCUT2D eigenvalue weighted by atomic mass is 14.9. The molecule has 0 aliphatic carbocycles. The van der Waals surface area contributed by atoms with Gasteiger partial charge in [-0.3, -0.25) is 0 Å². The van der Waals surface area contributed by atoms with Gasteiger partial charge < -0.3 is 5.32 Å². The van der Waals surface area contributed by atoms with Gasteiger partial charge in [-0.15, -0.1) is 0 Å². The smallest absolute Gasteiger partial charge is 0.0102 e. The fraction of sp³-hybridized carbons (Fsp3) is 0.538. The number of likely N-dealkylation sites (N-methyl/N-ethyl adjacent to an activating group) is 1. The Morgan fingerprint density at radius 2 is 1.79 bits per heavy atom. The summed E-state index contributed by atoms with van der Waals surface area (Å²) in [6.45, 7) is 8.84. The molecule has 2 atom stereocenters. The molecule has 0 saturated heterocycles. The van der Waals surface area contributed by atoms with Gasteiger partial charge in [0.2, 0.25) is 0 Å². The van der Waals surface area contributed by atoms with E-state index in [0.29, 0.717) is 12.0 Å². The molecule has 0 spiro atoms. The summed E-state index contributed by atoms with van der Waals surface area (Å²) in [4.78, 5) is 0. The quantitative estimate of drug-likeness (QED) is 0.774. The van der Waals surface area contributed by atoms with Crippen molar-refractivity contribution in [1.29, 1.82) is 0 Å². The van der Waals surface area contributed by atoms with E-state index in [0.717, 1.165) is 0 Å². The zero-order valence-electron chi connectivity index (χ0n) is 9.89. The van der Waals surface area contributed by atoms with E-state index in [1.807, 2.05) is 7.05 Å². The maximum atomic E-state index is 3.31. The Labute approximate surface area is 87.5 Å². The molecule has 0 fully saturated rings. The average molecular weight is 191 g/mol. The summed E-state index contributed by atoms with van der Waals surface area (Å²) in [7, 11) is 2.02. The fourth-order valence-electron chi connectivity index (χ4n) is 1.86. The highest BCUT2D eigenvalue weighted by Gasteiger charge is 2.13. The van der Waals surface area contributed by atoms with E-state index in [2.05, 4.69) is 51.2 Å². The van der Waals surface area contributed by atoms with E-state index >= 15 is 0 Å². The van der Waals surface area contributed by atoms with Crippen LogP contribution in [0.1, 0.15) is 36.5 Å². The molecule has 1 rings (SSSR count). The van der Waals surface area contributed by atoms with Crippen molar-refractivity contribution in [3.05, 3.63) is 34.9 Å². The second-order valence-electron chi connectivity index (χ2n) is 4.23. The molecule has 0 saturated carbocycles. The largest absolute Gasteiger partial charge is 0.317 e. The van der Waals surface area contributed by atoms with Crippen molar-refractivity contribution < 1.29 is 0 Å². The van der Waals surface area contributed by atoms with Crippen molar-refractivity contribution in [3.63, 3.8) is 0 Å². The normalized spacial score (nSPS) is 15.2. The van der Waals surface area contributed by atoms with Crippen molar-refractivity contribution in [2.24, 2.45) is 0 Å². The van der Waals surface area contributed by atoms with Crippen molar-refractivity contribution in [2.75, 3.05) is 7.05 Å². The van der Waals surface area contributed by atoms with Crippen molar-refractivity contribution in [1.82, 2.24) is 5.32 Å². The van der Waals surface area contributed by atoms with Gasteiger partial charge in [0.25, 0.3) is 0 Å². The molecule has 1 N–H and O–H groups in total. The van der Waals surface area contributed by atoms with Gasteiger partial charge in [-0.05, 0) is 44.9 Å². The number of rotatable bonds is 3. The Balaban J connectivity index is 2.95. The SMILES string of the molecule is CNC(C)C(C)c1ccc(C)cc1C. The highest BCUT2D eigenvalue weighted by molar-refractivity contribution is 5.33.